The molecule has 0 fully saturated rings. The molecule has 0 unspecified atom stereocenters. The Morgan fingerprint density at radius 3 is 2.00 bits per heavy atom. The van der Waals surface area contributed by atoms with Gasteiger partial charge in [-0.3, -0.25) is 0 Å². The minimum absolute atomic E-state index is 0.682. The Bertz CT molecular complexity index is 168. The van der Waals surface area contributed by atoms with E-state index in [2.05, 4.69) is 39.7 Å². The maximum Gasteiger partial charge on any atom is 0.214 e. The van der Waals surface area contributed by atoms with Gasteiger partial charge in [0.1, 0.15) is 0 Å². The van der Waals surface area contributed by atoms with Gasteiger partial charge in [0, 0.05) is 0 Å². The van der Waals surface area contributed by atoms with Crippen LogP contribution in [0.4, 0.5) is 0 Å². The lowest BCUT2D eigenvalue weighted by Crippen LogP contribution is -2.33. The summed E-state index contributed by atoms with van der Waals surface area (Å²) in [6.45, 7) is 13.6. The molecule has 0 aromatic carbocycles. The van der Waals surface area contributed by atoms with Crippen molar-refractivity contribution in [2.24, 2.45) is 0 Å². The summed E-state index contributed by atoms with van der Waals surface area (Å²) in [6.07, 6.45) is 0. The Morgan fingerprint density at radius 1 is 0.933 bits per heavy atom. The Morgan fingerprint density at radius 2 is 1.53 bits per heavy atom. The van der Waals surface area contributed by atoms with Crippen molar-refractivity contribution >= 4 is 36.2 Å². The fourth-order valence-electron chi connectivity index (χ4n) is 0.938. The fourth-order valence-corrected chi connectivity index (χ4v) is 8.44. The normalized spacial score (nSPS) is 13.2. The van der Waals surface area contributed by atoms with Crippen molar-refractivity contribution < 1.29 is 8.23 Å². The number of hydrogen-bond donors (Lipinski definition) is 0. The molecule has 0 N–H and O–H groups in total. The maximum absolute atomic E-state index is 5.94. The molecule has 0 spiro atoms. The van der Waals surface area contributed by atoms with E-state index in [1.807, 2.05) is 0 Å². The zero-order valence-electron chi connectivity index (χ0n) is 10.9. The highest BCUT2D eigenvalue weighted by molar-refractivity contribution is 6.76. The SMILES string of the molecule is CC[Si]O[Si](C)(C)CC[Si]O[Si](C)(C)C. The van der Waals surface area contributed by atoms with Gasteiger partial charge < -0.3 is 8.23 Å². The second-order valence-corrected chi connectivity index (χ2v) is 16.9. The summed E-state index contributed by atoms with van der Waals surface area (Å²) in [7, 11) is -1.27. The van der Waals surface area contributed by atoms with Crippen LogP contribution in [0.3, 0.4) is 0 Å². The highest BCUT2D eigenvalue weighted by Crippen LogP contribution is 2.14. The molecule has 0 aliphatic carbocycles. The van der Waals surface area contributed by atoms with Crippen molar-refractivity contribution in [2.45, 2.75) is 57.8 Å². The summed E-state index contributed by atoms with van der Waals surface area (Å²) in [6, 6.07) is 3.59. The molecular formula is C9H24O2Si4. The summed E-state index contributed by atoms with van der Waals surface area (Å²) in [4.78, 5) is 0. The molecule has 0 heterocycles. The van der Waals surface area contributed by atoms with Crippen LogP contribution in [0.5, 0.6) is 0 Å². The molecule has 0 aromatic rings. The zero-order chi connectivity index (χ0) is 11.9. The van der Waals surface area contributed by atoms with Gasteiger partial charge in [-0.2, -0.15) is 0 Å². The predicted molar refractivity (Wildman–Crippen MR) is 74.6 cm³/mol. The average Bonchev–Trinajstić information content (AvgIpc) is 2.08. The molecule has 0 amide bonds. The van der Waals surface area contributed by atoms with E-state index in [1.165, 1.54) is 12.1 Å². The van der Waals surface area contributed by atoms with Gasteiger partial charge in [-0.25, -0.2) is 0 Å². The van der Waals surface area contributed by atoms with Crippen LogP contribution in [0.2, 0.25) is 50.9 Å². The Labute approximate surface area is 102 Å². The maximum atomic E-state index is 5.94. The van der Waals surface area contributed by atoms with Gasteiger partial charge in [0.2, 0.25) is 19.5 Å². The summed E-state index contributed by atoms with van der Waals surface area (Å²) in [5.41, 5.74) is 0. The minimum Gasteiger partial charge on any atom is -0.456 e. The number of hydrogen-bond acceptors (Lipinski definition) is 2. The Kier molecular flexibility index (Phi) is 7.56. The van der Waals surface area contributed by atoms with Gasteiger partial charge in [0.15, 0.2) is 16.6 Å². The molecule has 0 bridgehead atoms. The van der Waals surface area contributed by atoms with Crippen molar-refractivity contribution in [3.05, 3.63) is 0 Å². The third kappa shape index (κ3) is 11.1. The molecule has 0 aromatic heterocycles. The summed E-state index contributed by atoms with van der Waals surface area (Å²) < 4.78 is 11.8. The van der Waals surface area contributed by atoms with Crippen LogP contribution in [0.1, 0.15) is 6.92 Å². The van der Waals surface area contributed by atoms with Crippen LogP contribution >= 0.6 is 0 Å². The molecule has 0 atom stereocenters. The van der Waals surface area contributed by atoms with Gasteiger partial charge in [-0.05, 0) is 50.9 Å². The second-order valence-electron chi connectivity index (χ2n) is 5.22. The van der Waals surface area contributed by atoms with Crippen LogP contribution in [0.15, 0.2) is 0 Å². The van der Waals surface area contributed by atoms with Crippen molar-refractivity contribution in [3.63, 3.8) is 0 Å². The van der Waals surface area contributed by atoms with E-state index in [-0.39, 0.29) is 0 Å². The molecule has 6 heteroatoms. The fraction of sp³-hybridized carbons (Fsp3) is 1.00. The van der Waals surface area contributed by atoms with E-state index >= 15 is 0 Å². The topological polar surface area (TPSA) is 18.5 Å². The molecule has 4 radical (unpaired) electrons. The average molecular weight is 277 g/mol. The van der Waals surface area contributed by atoms with E-state index in [1.54, 1.807) is 0 Å². The zero-order valence-corrected chi connectivity index (χ0v) is 14.9. The van der Waals surface area contributed by atoms with Gasteiger partial charge in [-0.1, -0.05) is 6.92 Å². The van der Waals surface area contributed by atoms with E-state index in [0.717, 1.165) is 6.04 Å². The minimum atomic E-state index is -1.37. The van der Waals surface area contributed by atoms with Crippen molar-refractivity contribution in [3.8, 4) is 0 Å². The molecular weight excluding hydrogens is 252 g/mol. The quantitative estimate of drug-likeness (QED) is 0.501. The first-order valence-electron chi connectivity index (χ1n) is 5.58. The lowest BCUT2D eigenvalue weighted by atomic mass is 10.9. The van der Waals surface area contributed by atoms with Crippen LogP contribution in [-0.2, 0) is 8.23 Å². The molecule has 0 aliphatic rings. The number of rotatable bonds is 8. The van der Waals surface area contributed by atoms with Gasteiger partial charge >= 0.3 is 0 Å². The van der Waals surface area contributed by atoms with Crippen molar-refractivity contribution in [1.29, 1.82) is 0 Å². The van der Waals surface area contributed by atoms with Crippen LogP contribution < -0.4 is 0 Å². The Hall–Kier alpha value is 0.788. The highest BCUT2D eigenvalue weighted by atomic mass is 28.4. The lowest BCUT2D eigenvalue weighted by molar-refractivity contribution is 0.576. The molecule has 0 saturated heterocycles. The molecule has 0 saturated carbocycles. The van der Waals surface area contributed by atoms with E-state index in [9.17, 15) is 0 Å². The first-order valence-corrected chi connectivity index (χ1v) is 14.3. The summed E-state index contributed by atoms with van der Waals surface area (Å²) in [5, 5.41) is 0. The third-order valence-corrected chi connectivity index (χ3v) is 10.2. The summed E-state index contributed by atoms with van der Waals surface area (Å²) in [5.74, 6) is 0. The lowest BCUT2D eigenvalue weighted by Gasteiger charge is -2.23. The van der Waals surface area contributed by atoms with Gasteiger partial charge in [0.05, 0.1) is 0 Å². The predicted octanol–water partition coefficient (Wildman–Crippen LogP) is 3.15. The molecule has 2 nitrogen and oxygen atoms in total. The van der Waals surface area contributed by atoms with Gasteiger partial charge in [-0.15, -0.1) is 0 Å². The van der Waals surface area contributed by atoms with Crippen molar-refractivity contribution in [1.82, 2.24) is 0 Å². The van der Waals surface area contributed by atoms with Crippen LogP contribution in [0, 0.1) is 0 Å². The van der Waals surface area contributed by atoms with Crippen LogP contribution in [-0.4, -0.2) is 36.2 Å². The Balaban J connectivity index is 3.57. The largest absolute Gasteiger partial charge is 0.456 e. The van der Waals surface area contributed by atoms with Gasteiger partial charge in [0.25, 0.3) is 0 Å². The van der Waals surface area contributed by atoms with E-state index in [0.29, 0.717) is 19.5 Å². The highest BCUT2D eigenvalue weighted by Gasteiger charge is 2.22. The standard InChI is InChI=1S/C9H24O2Si4/c1-7-12-11-15(5,6)9-8-13-10-14(2,3)4/h7-9H2,1-6H3. The van der Waals surface area contributed by atoms with Crippen LogP contribution in [0.25, 0.3) is 0 Å². The first-order chi connectivity index (χ1) is 6.77. The van der Waals surface area contributed by atoms with Crippen molar-refractivity contribution in [2.75, 3.05) is 0 Å². The second kappa shape index (κ2) is 7.18. The van der Waals surface area contributed by atoms with E-state index < -0.39 is 16.6 Å². The molecule has 15 heavy (non-hydrogen) atoms. The summed E-state index contributed by atoms with van der Waals surface area (Å²) >= 11 is 0. The monoisotopic (exact) mass is 276 g/mol. The molecule has 88 valence electrons. The van der Waals surface area contributed by atoms with E-state index in [4.69, 9.17) is 8.23 Å². The molecule has 0 aliphatic heterocycles. The molecule has 0 rings (SSSR count). The first kappa shape index (κ1) is 15.8. The smallest absolute Gasteiger partial charge is 0.214 e. The third-order valence-electron chi connectivity index (χ3n) is 1.70.